The first kappa shape index (κ1) is 14.8. The first-order valence-corrected chi connectivity index (χ1v) is 7.04. The maximum absolute atomic E-state index is 10.8. The number of rotatable bonds is 4. The van der Waals surface area contributed by atoms with Gasteiger partial charge in [-0.1, -0.05) is 18.2 Å². The van der Waals surface area contributed by atoms with Crippen molar-refractivity contribution in [2.45, 2.75) is 0 Å². The molecule has 2 aromatic carbocycles. The fourth-order valence-corrected chi connectivity index (χ4v) is 2.32. The van der Waals surface area contributed by atoms with Gasteiger partial charge in [0, 0.05) is 38.0 Å². The Morgan fingerprint density at radius 2 is 1.96 bits per heavy atom. The van der Waals surface area contributed by atoms with Crippen LogP contribution in [0.5, 0.6) is 0 Å². The molecule has 0 atom stereocenters. The van der Waals surface area contributed by atoms with Crippen LogP contribution in [0.15, 0.2) is 46.9 Å². The summed E-state index contributed by atoms with van der Waals surface area (Å²) in [5.74, 6) is 0.411. The predicted octanol–water partition coefficient (Wildman–Crippen LogP) is 3.97. The van der Waals surface area contributed by atoms with Crippen LogP contribution >= 0.6 is 0 Å². The third-order valence-electron chi connectivity index (χ3n) is 3.42. The molecule has 0 unspecified atom stereocenters. The Bertz CT molecular complexity index is 897. The molecule has 116 valence electrons. The van der Waals surface area contributed by atoms with Gasteiger partial charge in [0.05, 0.1) is 4.92 Å². The summed E-state index contributed by atoms with van der Waals surface area (Å²) < 4.78 is 5.59. The molecular formula is C17H15N3O3. The van der Waals surface area contributed by atoms with Crippen LogP contribution in [0.4, 0.5) is 11.4 Å². The van der Waals surface area contributed by atoms with Gasteiger partial charge in [0.25, 0.3) is 5.69 Å². The molecule has 0 aliphatic carbocycles. The Morgan fingerprint density at radius 3 is 2.70 bits per heavy atom. The molecule has 0 fully saturated rings. The zero-order valence-electron chi connectivity index (χ0n) is 12.8. The van der Waals surface area contributed by atoms with Crippen molar-refractivity contribution < 1.29 is 9.34 Å². The van der Waals surface area contributed by atoms with E-state index in [1.165, 1.54) is 12.1 Å². The van der Waals surface area contributed by atoms with Gasteiger partial charge < -0.3 is 9.32 Å². The first-order chi connectivity index (χ1) is 11.0. The van der Waals surface area contributed by atoms with E-state index in [1.54, 1.807) is 12.1 Å². The van der Waals surface area contributed by atoms with Gasteiger partial charge in [-0.3, -0.25) is 10.1 Å². The molecule has 3 rings (SSSR count). The number of anilines is 1. The molecule has 0 saturated carbocycles. The number of nitro groups is 1. The van der Waals surface area contributed by atoms with E-state index in [4.69, 9.17) is 4.42 Å². The molecule has 6 nitrogen and oxygen atoms in total. The van der Waals surface area contributed by atoms with E-state index in [2.05, 4.69) is 4.98 Å². The van der Waals surface area contributed by atoms with E-state index in [0.717, 1.165) is 11.3 Å². The van der Waals surface area contributed by atoms with Crippen LogP contribution in [-0.2, 0) is 0 Å². The average molecular weight is 309 g/mol. The van der Waals surface area contributed by atoms with Gasteiger partial charge in [0.1, 0.15) is 5.52 Å². The Hall–Kier alpha value is -3.15. The van der Waals surface area contributed by atoms with Gasteiger partial charge in [-0.25, -0.2) is 4.98 Å². The zero-order valence-corrected chi connectivity index (χ0v) is 12.8. The number of nitro benzene ring substituents is 1. The van der Waals surface area contributed by atoms with Crippen LogP contribution < -0.4 is 4.90 Å². The number of aromatic nitrogens is 1. The van der Waals surface area contributed by atoms with Gasteiger partial charge in [0.15, 0.2) is 5.58 Å². The van der Waals surface area contributed by atoms with Crippen LogP contribution in [-0.4, -0.2) is 24.0 Å². The highest BCUT2D eigenvalue weighted by Gasteiger charge is 2.10. The molecule has 1 aromatic heterocycles. The van der Waals surface area contributed by atoms with Crippen LogP contribution in [0, 0.1) is 10.1 Å². The largest absolute Gasteiger partial charge is 0.437 e. The minimum atomic E-state index is -0.447. The number of non-ortho nitro benzene ring substituents is 1. The summed E-state index contributed by atoms with van der Waals surface area (Å²) in [6.07, 6.45) is 3.67. The monoisotopic (exact) mass is 309 g/mol. The standard InChI is InChI=1S/C17H15N3O3/c1-19(2)15-6-4-3-5-12(15)7-10-17-18-14-11-13(20(21)22)8-9-16(14)23-17/h3-11H,1-2H3/b10-7+. The molecule has 0 saturated heterocycles. The molecule has 6 heteroatoms. The van der Waals surface area contributed by atoms with E-state index in [1.807, 2.05) is 49.3 Å². The molecule has 0 bridgehead atoms. The Kier molecular flexibility index (Phi) is 3.80. The highest BCUT2D eigenvalue weighted by Crippen LogP contribution is 2.24. The first-order valence-electron chi connectivity index (χ1n) is 7.04. The smallest absolute Gasteiger partial charge is 0.271 e. The van der Waals surface area contributed by atoms with Crippen molar-refractivity contribution in [3.05, 3.63) is 64.0 Å². The molecule has 0 aliphatic rings. The fraction of sp³-hybridized carbons (Fsp3) is 0.118. The van der Waals surface area contributed by atoms with E-state index >= 15 is 0 Å². The van der Waals surface area contributed by atoms with E-state index in [9.17, 15) is 10.1 Å². The van der Waals surface area contributed by atoms with Crippen molar-refractivity contribution in [1.82, 2.24) is 4.98 Å². The average Bonchev–Trinajstić information content (AvgIpc) is 2.94. The predicted molar refractivity (Wildman–Crippen MR) is 90.4 cm³/mol. The van der Waals surface area contributed by atoms with Crippen molar-refractivity contribution in [3.63, 3.8) is 0 Å². The Labute approximate surface area is 132 Å². The van der Waals surface area contributed by atoms with Gasteiger partial charge in [-0.15, -0.1) is 0 Å². The zero-order chi connectivity index (χ0) is 16.4. The Balaban J connectivity index is 1.94. The summed E-state index contributed by atoms with van der Waals surface area (Å²) in [6, 6.07) is 12.3. The van der Waals surface area contributed by atoms with Gasteiger partial charge in [0.2, 0.25) is 5.89 Å². The minimum Gasteiger partial charge on any atom is -0.437 e. The lowest BCUT2D eigenvalue weighted by atomic mass is 10.1. The van der Waals surface area contributed by atoms with Crippen LogP contribution in [0.25, 0.3) is 23.3 Å². The molecule has 23 heavy (non-hydrogen) atoms. The van der Waals surface area contributed by atoms with E-state index in [0.29, 0.717) is 17.0 Å². The summed E-state index contributed by atoms with van der Waals surface area (Å²) >= 11 is 0. The molecule has 0 amide bonds. The summed E-state index contributed by atoms with van der Waals surface area (Å²) in [5, 5.41) is 10.8. The van der Waals surface area contributed by atoms with Crippen LogP contribution in [0.1, 0.15) is 11.5 Å². The maximum Gasteiger partial charge on any atom is 0.271 e. The molecule has 1 heterocycles. The van der Waals surface area contributed by atoms with Crippen molar-refractivity contribution in [2.75, 3.05) is 19.0 Å². The topological polar surface area (TPSA) is 72.4 Å². The lowest BCUT2D eigenvalue weighted by Gasteiger charge is -2.14. The SMILES string of the molecule is CN(C)c1ccccc1/C=C/c1nc2cc([N+](=O)[O-])ccc2o1. The second kappa shape index (κ2) is 5.92. The van der Waals surface area contributed by atoms with Crippen molar-refractivity contribution >= 4 is 34.6 Å². The maximum atomic E-state index is 10.8. The van der Waals surface area contributed by atoms with Crippen LogP contribution in [0.2, 0.25) is 0 Å². The second-order valence-electron chi connectivity index (χ2n) is 5.25. The lowest BCUT2D eigenvalue weighted by Crippen LogP contribution is -2.09. The van der Waals surface area contributed by atoms with E-state index in [-0.39, 0.29) is 5.69 Å². The number of para-hydroxylation sites is 1. The molecule has 0 spiro atoms. The summed E-state index contributed by atoms with van der Waals surface area (Å²) in [5.41, 5.74) is 3.11. The highest BCUT2D eigenvalue weighted by atomic mass is 16.6. The van der Waals surface area contributed by atoms with Crippen LogP contribution in [0.3, 0.4) is 0 Å². The van der Waals surface area contributed by atoms with Gasteiger partial charge >= 0.3 is 0 Å². The quantitative estimate of drug-likeness (QED) is 0.538. The van der Waals surface area contributed by atoms with Crippen molar-refractivity contribution in [2.24, 2.45) is 0 Å². The molecule has 3 aromatic rings. The summed E-state index contributed by atoms with van der Waals surface area (Å²) in [4.78, 5) is 16.6. The summed E-state index contributed by atoms with van der Waals surface area (Å²) in [6.45, 7) is 0. The lowest BCUT2D eigenvalue weighted by molar-refractivity contribution is -0.384. The Morgan fingerprint density at radius 1 is 1.17 bits per heavy atom. The van der Waals surface area contributed by atoms with E-state index < -0.39 is 4.92 Å². The fourth-order valence-electron chi connectivity index (χ4n) is 2.32. The highest BCUT2D eigenvalue weighted by molar-refractivity contribution is 5.80. The summed E-state index contributed by atoms with van der Waals surface area (Å²) in [7, 11) is 3.95. The minimum absolute atomic E-state index is 0.000664. The normalized spacial score (nSPS) is 11.2. The molecule has 0 radical (unpaired) electrons. The third-order valence-corrected chi connectivity index (χ3v) is 3.42. The number of oxazole rings is 1. The third kappa shape index (κ3) is 3.06. The van der Waals surface area contributed by atoms with Crippen molar-refractivity contribution in [3.8, 4) is 0 Å². The second-order valence-corrected chi connectivity index (χ2v) is 5.25. The molecule has 0 aliphatic heterocycles. The van der Waals surface area contributed by atoms with Gasteiger partial charge in [-0.05, 0) is 23.8 Å². The number of benzene rings is 2. The van der Waals surface area contributed by atoms with Crippen molar-refractivity contribution in [1.29, 1.82) is 0 Å². The number of fused-ring (bicyclic) bond motifs is 1. The number of hydrogen-bond acceptors (Lipinski definition) is 5. The molecule has 0 N–H and O–H groups in total. The number of nitrogens with zero attached hydrogens (tertiary/aromatic N) is 3. The number of hydrogen-bond donors (Lipinski definition) is 0. The van der Waals surface area contributed by atoms with Gasteiger partial charge in [-0.2, -0.15) is 0 Å². The molecular weight excluding hydrogens is 294 g/mol.